The lowest BCUT2D eigenvalue weighted by atomic mass is 9.88. The number of likely N-dealkylation sites (N-methyl/N-ethyl adjacent to an activating group) is 1. The molecule has 1 aliphatic carbocycles. The molecule has 0 radical (unpaired) electrons. The average molecular weight is 405 g/mol. The van der Waals surface area contributed by atoms with Crippen LogP contribution in [0.15, 0.2) is 36.4 Å². The fourth-order valence-corrected chi connectivity index (χ4v) is 3.50. The standard InChI is InChI=1S/C21H22F3N3O2/c1-27(12-19(29)26-17-10-9-15(22)20(23)21(17)24)11-18(28)25-16-8-4-6-13-5-2-3-7-14(13)16/h2-3,5,7,9-10,16H,4,6,8,11-12H2,1H3,(H,25,28)(H,26,29)/t16-/m0/s1. The number of hydrogen-bond acceptors (Lipinski definition) is 3. The smallest absolute Gasteiger partial charge is 0.238 e. The molecule has 29 heavy (non-hydrogen) atoms. The van der Waals surface area contributed by atoms with Crippen LogP contribution in [0.2, 0.25) is 0 Å². The van der Waals surface area contributed by atoms with Crippen molar-refractivity contribution in [1.82, 2.24) is 10.2 Å². The van der Waals surface area contributed by atoms with Gasteiger partial charge >= 0.3 is 0 Å². The Labute approximate surface area is 166 Å². The first-order chi connectivity index (χ1) is 13.8. The summed E-state index contributed by atoms with van der Waals surface area (Å²) < 4.78 is 39.8. The molecule has 0 aliphatic heterocycles. The first-order valence-corrected chi connectivity index (χ1v) is 9.34. The molecule has 2 aromatic carbocycles. The van der Waals surface area contributed by atoms with Gasteiger partial charge in [0.15, 0.2) is 17.5 Å². The molecule has 8 heteroatoms. The number of amides is 2. The average Bonchev–Trinajstić information content (AvgIpc) is 2.68. The minimum absolute atomic E-state index is 0.0354. The lowest BCUT2D eigenvalue weighted by molar-refractivity contribution is -0.123. The summed E-state index contributed by atoms with van der Waals surface area (Å²) in [6, 6.07) is 9.59. The summed E-state index contributed by atoms with van der Waals surface area (Å²) in [4.78, 5) is 25.9. The number of fused-ring (bicyclic) bond motifs is 1. The van der Waals surface area contributed by atoms with E-state index in [9.17, 15) is 22.8 Å². The Bertz CT molecular complexity index is 920. The molecule has 2 N–H and O–H groups in total. The highest BCUT2D eigenvalue weighted by atomic mass is 19.2. The van der Waals surface area contributed by atoms with Crippen molar-refractivity contribution in [3.63, 3.8) is 0 Å². The van der Waals surface area contributed by atoms with Crippen LogP contribution in [0.25, 0.3) is 0 Å². The predicted octanol–water partition coefficient (Wildman–Crippen LogP) is 3.17. The second-order valence-electron chi connectivity index (χ2n) is 7.15. The number of nitrogens with one attached hydrogen (secondary N) is 2. The van der Waals surface area contributed by atoms with Crippen molar-refractivity contribution in [2.75, 3.05) is 25.5 Å². The second-order valence-corrected chi connectivity index (χ2v) is 7.15. The Hall–Kier alpha value is -2.87. The maximum absolute atomic E-state index is 13.6. The van der Waals surface area contributed by atoms with E-state index in [4.69, 9.17) is 0 Å². The van der Waals surface area contributed by atoms with Crippen molar-refractivity contribution >= 4 is 17.5 Å². The van der Waals surface area contributed by atoms with E-state index in [-0.39, 0.29) is 25.0 Å². The van der Waals surface area contributed by atoms with Gasteiger partial charge in [-0.2, -0.15) is 0 Å². The van der Waals surface area contributed by atoms with Gasteiger partial charge in [0.05, 0.1) is 24.8 Å². The zero-order valence-electron chi connectivity index (χ0n) is 16.0. The van der Waals surface area contributed by atoms with E-state index in [0.29, 0.717) is 0 Å². The largest absolute Gasteiger partial charge is 0.348 e. The Balaban J connectivity index is 1.52. The minimum Gasteiger partial charge on any atom is -0.348 e. The molecule has 0 spiro atoms. The van der Waals surface area contributed by atoms with Gasteiger partial charge in [-0.25, -0.2) is 13.2 Å². The quantitative estimate of drug-likeness (QED) is 0.726. The van der Waals surface area contributed by atoms with Crippen molar-refractivity contribution in [3.8, 4) is 0 Å². The van der Waals surface area contributed by atoms with Gasteiger partial charge in [0.1, 0.15) is 0 Å². The number of halogens is 3. The van der Waals surface area contributed by atoms with E-state index in [1.807, 2.05) is 18.2 Å². The van der Waals surface area contributed by atoms with Crippen molar-refractivity contribution in [3.05, 3.63) is 65.0 Å². The molecule has 0 bridgehead atoms. The third-order valence-corrected chi connectivity index (χ3v) is 4.84. The Morgan fingerprint density at radius 1 is 1.03 bits per heavy atom. The highest BCUT2D eigenvalue weighted by Crippen LogP contribution is 2.29. The Kier molecular flexibility index (Phi) is 6.53. The summed E-state index contributed by atoms with van der Waals surface area (Å²) in [7, 11) is 1.57. The summed E-state index contributed by atoms with van der Waals surface area (Å²) in [5.41, 5.74) is 1.89. The summed E-state index contributed by atoms with van der Waals surface area (Å²) in [5, 5.41) is 5.17. The van der Waals surface area contributed by atoms with E-state index in [1.165, 1.54) is 10.5 Å². The van der Waals surface area contributed by atoms with Crippen LogP contribution in [0.3, 0.4) is 0 Å². The van der Waals surface area contributed by atoms with Crippen LogP contribution in [0, 0.1) is 17.5 Å². The van der Waals surface area contributed by atoms with Gasteiger partial charge in [-0.15, -0.1) is 0 Å². The molecule has 0 fully saturated rings. The van der Waals surface area contributed by atoms with Crippen LogP contribution in [0.4, 0.5) is 18.9 Å². The van der Waals surface area contributed by atoms with Gasteiger partial charge in [-0.1, -0.05) is 24.3 Å². The number of hydrogen-bond donors (Lipinski definition) is 2. The van der Waals surface area contributed by atoms with E-state index in [1.54, 1.807) is 7.05 Å². The van der Waals surface area contributed by atoms with Gasteiger partial charge in [0.2, 0.25) is 11.8 Å². The molecule has 0 saturated carbocycles. The van der Waals surface area contributed by atoms with E-state index in [0.717, 1.165) is 37.0 Å². The molecule has 0 saturated heterocycles. The van der Waals surface area contributed by atoms with Crippen molar-refractivity contribution in [2.45, 2.75) is 25.3 Å². The predicted molar refractivity (Wildman–Crippen MR) is 103 cm³/mol. The molecule has 1 aliphatic rings. The van der Waals surface area contributed by atoms with Crippen molar-refractivity contribution in [2.24, 2.45) is 0 Å². The summed E-state index contributed by atoms with van der Waals surface area (Å²) in [6.07, 6.45) is 2.82. The first kappa shape index (κ1) is 20.9. The number of rotatable bonds is 6. The van der Waals surface area contributed by atoms with Crippen LogP contribution in [0.1, 0.15) is 30.0 Å². The number of nitrogens with zero attached hydrogens (tertiary/aromatic N) is 1. The van der Waals surface area contributed by atoms with Crippen molar-refractivity contribution in [1.29, 1.82) is 0 Å². The fraction of sp³-hybridized carbons (Fsp3) is 0.333. The SMILES string of the molecule is CN(CC(=O)Nc1ccc(F)c(F)c1F)CC(=O)N[C@H]1CCCc2ccccc21. The lowest BCUT2D eigenvalue weighted by Gasteiger charge is -2.27. The molecule has 2 aromatic rings. The van der Waals surface area contributed by atoms with Crippen LogP contribution in [0.5, 0.6) is 0 Å². The number of benzene rings is 2. The molecular weight excluding hydrogens is 383 g/mol. The highest BCUT2D eigenvalue weighted by molar-refractivity contribution is 5.92. The highest BCUT2D eigenvalue weighted by Gasteiger charge is 2.22. The molecule has 0 unspecified atom stereocenters. The van der Waals surface area contributed by atoms with E-state index < -0.39 is 29.0 Å². The monoisotopic (exact) mass is 405 g/mol. The fourth-order valence-electron chi connectivity index (χ4n) is 3.50. The third kappa shape index (κ3) is 5.14. The maximum Gasteiger partial charge on any atom is 0.238 e. The second kappa shape index (κ2) is 9.09. The number of aryl methyl sites for hydroxylation is 1. The van der Waals surface area contributed by atoms with E-state index >= 15 is 0 Å². The van der Waals surface area contributed by atoms with Crippen LogP contribution < -0.4 is 10.6 Å². The molecule has 154 valence electrons. The zero-order valence-corrected chi connectivity index (χ0v) is 16.0. The molecule has 5 nitrogen and oxygen atoms in total. The molecule has 2 amide bonds. The van der Waals surface area contributed by atoms with Gasteiger partial charge in [0, 0.05) is 0 Å². The van der Waals surface area contributed by atoms with Crippen LogP contribution >= 0.6 is 0 Å². The number of anilines is 1. The Morgan fingerprint density at radius 2 is 1.76 bits per heavy atom. The lowest BCUT2D eigenvalue weighted by Crippen LogP contribution is -2.40. The zero-order chi connectivity index (χ0) is 21.0. The summed E-state index contributed by atoms with van der Waals surface area (Å²) >= 11 is 0. The molecule has 3 rings (SSSR count). The summed E-state index contributed by atoms with van der Waals surface area (Å²) in [6.45, 7) is -0.251. The minimum atomic E-state index is -1.65. The van der Waals surface area contributed by atoms with Crippen molar-refractivity contribution < 1.29 is 22.8 Å². The normalized spacial score (nSPS) is 15.7. The van der Waals surface area contributed by atoms with Gasteiger partial charge in [0.25, 0.3) is 0 Å². The summed E-state index contributed by atoms with van der Waals surface area (Å²) in [5.74, 6) is -5.33. The third-order valence-electron chi connectivity index (χ3n) is 4.84. The Morgan fingerprint density at radius 3 is 2.55 bits per heavy atom. The topological polar surface area (TPSA) is 61.4 Å². The molecule has 0 aromatic heterocycles. The van der Waals surface area contributed by atoms with Gasteiger partial charge < -0.3 is 10.6 Å². The van der Waals surface area contributed by atoms with Gasteiger partial charge in [-0.05, 0) is 49.6 Å². The van der Waals surface area contributed by atoms with Gasteiger partial charge in [-0.3, -0.25) is 14.5 Å². The van der Waals surface area contributed by atoms with E-state index in [2.05, 4.69) is 16.7 Å². The number of carbonyl (C=O) groups is 2. The number of carbonyl (C=O) groups excluding carboxylic acids is 2. The molecular formula is C21H22F3N3O2. The van der Waals surface area contributed by atoms with Crippen LogP contribution in [-0.4, -0.2) is 36.9 Å². The maximum atomic E-state index is 13.6. The van der Waals surface area contributed by atoms with Crippen LogP contribution in [-0.2, 0) is 16.0 Å². The first-order valence-electron chi connectivity index (χ1n) is 9.34. The molecule has 1 atom stereocenters. The molecule has 0 heterocycles.